The zero-order valence-electron chi connectivity index (χ0n) is 15.8. The van der Waals surface area contributed by atoms with E-state index < -0.39 is 0 Å². The third kappa shape index (κ3) is 5.30. The fraction of sp³-hybridized carbons (Fsp3) is 0.304. The summed E-state index contributed by atoms with van der Waals surface area (Å²) < 4.78 is 0. The molecule has 0 spiro atoms. The minimum atomic E-state index is -0.354. The summed E-state index contributed by atoms with van der Waals surface area (Å²) in [6.45, 7) is 0.353. The lowest BCUT2D eigenvalue weighted by Gasteiger charge is -2.25. The predicted octanol–water partition coefficient (Wildman–Crippen LogP) is 5.10. The van der Waals surface area contributed by atoms with Crippen molar-refractivity contribution in [3.63, 3.8) is 0 Å². The summed E-state index contributed by atoms with van der Waals surface area (Å²) in [4.78, 5) is 28.5. The third-order valence-electron chi connectivity index (χ3n) is 4.77. The Labute approximate surface area is 176 Å². The SMILES string of the molecule is O=C1C=C(SCCCCCS)C(=O)N(c2ccccc2)CC1c1ccccc1. The number of amides is 1. The highest BCUT2D eigenvalue weighted by molar-refractivity contribution is 8.04. The van der Waals surface area contributed by atoms with Crippen LogP contribution in [0.1, 0.15) is 30.7 Å². The third-order valence-corrected chi connectivity index (χ3v) is 6.18. The van der Waals surface area contributed by atoms with Crippen molar-refractivity contribution in [3.8, 4) is 0 Å². The van der Waals surface area contributed by atoms with Gasteiger partial charge in [-0.15, -0.1) is 11.8 Å². The first-order valence-electron chi connectivity index (χ1n) is 9.62. The summed E-state index contributed by atoms with van der Waals surface area (Å²) in [7, 11) is 0. The number of para-hydroxylation sites is 1. The highest BCUT2D eigenvalue weighted by Crippen LogP contribution is 2.31. The Hall–Kier alpha value is -1.98. The van der Waals surface area contributed by atoms with Gasteiger partial charge in [0.25, 0.3) is 5.91 Å². The van der Waals surface area contributed by atoms with Gasteiger partial charge in [-0.25, -0.2) is 0 Å². The molecular formula is C23H25NO2S2. The monoisotopic (exact) mass is 411 g/mol. The summed E-state index contributed by atoms with van der Waals surface area (Å²) in [5.41, 5.74) is 1.77. The topological polar surface area (TPSA) is 37.4 Å². The van der Waals surface area contributed by atoms with Gasteiger partial charge in [0.15, 0.2) is 5.78 Å². The minimum absolute atomic E-state index is 0.00385. The number of anilines is 1. The Morgan fingerprint density at radius 3 is 2.29 bits per heavy atom. The lowest BCUT2D eigenvalue weighted by molar-refractivity contribution is -0.115. The highest BCUT2D eigenvalue weighted by atomic mass is 32.2. The molecule has 1 aliphatic rings. The van der Waals surface area contributed by atoms with Gasteiger partial charge < -0.3 is 4.90 Å². The second-order valence-corrected chi connectivity index (χ2v) is 8.34. The van der Waals surface area contributed by atoms with Gasteiger partial charge in [-0.1, -0.05) is 55.0 Å². The van der Waals surface area contributed by atoms with E-state index in [1.165, 1.54) is 11.8 Å². The lowest BCUT2D eigenvalue weighted by Crippen LogP contribution is -2.34. The Bertz CT molecular complexity index is 821. The smallest absolute Gasteiger partial charge is 0.264 e. The number of carbonyl (C=O) groups is 2. The second-order valence-electron chi connectivity index (χ2n) is 6.76. The molecule has 0 saturated heterocycles. The van der Waals surface area contributed by atoms with Crippen LogP contribution >= 0.6 is 24.4 Å². The average molecular weight is 412 g/mol. The Morgan fingerprint density at radius 1 is 0.929 bits per heavy atom. The largest absolute Gasteiger partial charge is 0.307 e. The van der Waals surface area contributed by atoms with E-state index >= 15 is 0 Å². The van der Waals surface area contributed by atoms with Gasteiger partial charge in [0.05, 0.1) is 10.8 Å². The lowest BCUT2D eigenvalue weighted by atomic mass is 9.94. The molecule has 2 aromatic rings. The van der Waals surface area contributed by atoms with E-state index in [2.05, 4.69) is 12.6 Å². The number of thioether (sulfide) groups is 1. The summed E-state index contributed by atoms with van der Waals surface area (Å²) in [5, 5.41) is 0. The molecule has 0 radical (unpaired) electrons. The van der Waals surface area contributed by atoms with Crippen LogP contribution in [0.2, 0.25) is 0 Å². The Kier molecular flexibility index (Phi) is 7.80. The fourth-order valence-corrected chi connectivity index (χ4v) is 4.47. The van der Waals surface area contributed by atoms with Crippen molar-refractivity contribution in [1.82, 2.24) is 0 Å². The average Bonchev–Trinajstić information content (AvgIpc) is 2.86. The van der Waals surface area contributed by atoms with E-state index in [-0.39, 0.29) is 17.6 Å². The maximum absolute atomic E-state index is 13.3. The molecule has 1 aliphatic heterocycles. The van der Waals surface area contributed by atoms with Crippen molar-refractivity contribution < 1.29 is 9.59 Å². The van der Waals surface area contributed by atoms with Crippen molar-refractivity contribution in [2.45, 2.75) is 25.2 Å². The van der Waals surface area contributed by atoms with Crippen molar-refractivity contribution in [2.24, 2.45) is 0 Å². The molecule has 0 fully saturated rings. The first-order chi connectivity index (χ1) is 13.7. The van der Waals surface area contributed by atoms with Crippen LogP contribution in [0.25, 0.3) is 0 Å². The standard InChI is InChI=1S/C23H25NO2S2/c25-21-16-22(28-15-9-3-8-14-27)23(26)24(19-12-6-2-7-13-19)17-20(21)18-10-4-1-5-11-18/h1-2,4-7,10-13,16,20,27H,3,8-9,14-15,17H2. The van der Waals surface area contributed by atoms with Gasteiger partial charge in [0.1, 0.15) is 0 Å². The first-order valence-corrected chi connectivity index (χ1v) is 11.2. The van der Waals surface area contributed by atoms with Crippen molar-refractivity contribution in [3.05, 3.63) is 77.2 Å². The molecule has 0 aromatic heterocycles. The summed E-state index contributed by atoms with van der Waals surface area (Å²) >= 11 is 5.73. The van der Waals surface area contributed by atoms with Gasteiger partial charge in [-0.2, -0.15) is 12.6 Å². The maximum Gasteiger partial charge on any atom is 0.264 e. The molecule has 0 aliphatic carbocycles. The number of ketones is 1. The van der Waals surface area contributed by atoms with Gasteiger partial charge in [-0.3, -0.25) is 9.59 Å². The molecule has 0 bridgehead atoms. The molecule has 146 valence electrons. The number of unbranched alkanes of at least 4 members (excludes halogenated alkanes) is 2. The number of hydrogen-bond acceptors (Lipinski definition) is 4. The number of thiol groups is 1. The first kappa shape index (κ1) is 20.7. The van der Waals surface area contributed by atoms with Crippen LogP contribution in [0, 0.1) is 0 Å². The van der Waals surface area contributed by atoms with Crippen LogP contribution < -0.4 is 4.90 Å². The number of nitrogens with zero attached hydrogens (tertiary/aromatic N) is 1. The van der Waals surface area contributed by atoms with E-state index in [0.717, 1.165) is 42.0 Å². The Morgan fingerprint density at radius 2 is 1.61 bits per heavy atom. The van der Waals surface area contributed by atoms with Gasteiger partial charge in [0.2, 0.25) is 0 Å². The zero-order valence-corrected chi connectivity index (χ0v) is 17.5. The van der Waals surface area contributed by atoms with Crippen LogP contribution in [0.4, 0.5) is 5.69 Å². The van der Waals surface area contributed by atoms with Crippen LogP contribution in [0.3, 0.4) is 0 Å². The quantitative estimate of drug-likeness (QED) is 0.485. The molecule has 0 N–H and O–H groups in total. The van der Waals surface area contributed by atoms with Crippen molar-refractivity contribution in [1.29, 1.82) is 0 Å². The summed E-state index contributed by atoms with van der Waals surface area (Å²) in [6, 6.07) is 19.3. The molecule has 1 heterocycles. The molecule has 3 nitrogen and oxygen atoms in total. The highest BCUT2D eigenvalue weighted by Gasteiger charge is 2.32. The molecule has 2 aromatic carbocycles. The number of benzene rings is 2. The van der Waals surface area contributed by atoms with E-state index in [1.54, 1.807) is 11.0 Å². The van der Waals surface area contributed by atoms with Crippen LogP contribution in [0.5, 0.6) is 0 Å². The molecule has 3 rings (SSSR count). The van der Waals surface area contributed by atoms with Crippen molar-refractivity contribution in [2.75, 3.05) is 23.0 Å². The van der Waals surface area contributed by atoms with Crippen molar-refractivity contribution >= 4 is 41.8 Å². The van der Waals surface area contributed by atoms with Gasteiger partial charge >= 0.3 is 0 Å². The molecule has 1 amide bonds. The van der Waals surface area contributed by atoms with Crippen LogP contribution in [-0.2, 0) is 9.59 Å². The predicted molar refractivity (Wildman–Crippen MR) is 121 cm³/mol. The molecule has 5 heteroatoms. The molecule has 0 saturated carbocycles. The molecular weight excluding hydrogens is 386 g/mol. The molecule has 1 unspecified atom stereocenters. The normalized spacial score (nSPS) is 17.4. The van der Waals surface area contributed by atoms with E-state index in [4.69, 9.17) is 0 Å². The number of allylic oxidation sites excluding steroid dienone is 1. The van der Waals surface area contributed by atoms with Gasteiger partial charge in [-0.05, 0) is 42.0 Å². The number of rotatable bonds is 8. The second kappa shape index (κ2) is 10.5. The molecule has 28 heavy (non-hydrogen) atoms. The van der Waals surface area contributed by atoms with Gasteiger partial charge in [0, 0.05) is 18.3 Å². The van der Waals surface area contributed by atoms with Crippen LogP contribution in [0.15, 0.2) is 71.6 Å². The fourth-order valence-electron chi connectivity index (χ4n) is 3.24. The van der Waals surface area contributed by atoms with Crippen LogP contribution in [-0.4, -0.2) is 29.7 Å². The van der Waals surface area contributed by atoms with E-state index in [9.17, 15) is 9.59 Å². The van der Waals surface area contributed by atoms with E-state index in [0.29, 0.717) is 11.4 Å². The summed E-state index contributed by atoms with van der Waals surface area (Å²) in [5.74, 6) is 1.27. The number of carbonyl (C=O) groups excluding carboxylic acids is 2. The molecule has 1 atom stereocenters. The maximum atomic E-state index is 13.3. The minimum Gasteiger partial charge on any atom is -0.307 e. The summed E-state index contributed by atoms with van der Waals surface area (Å²) in [6.07, 6.45) is 4.73. The Balaban J connectivity index is 1.87. The zero-order chi connectivity index (χ0) is 19.8. The van der Waals surface area contributed by atoms with E-state index in [1.807, 2.05) is 60.7 Å². The number of hydrogen-bond donors (Lipinski definition) is 1.